The molecular weight excluding hydrogens is 222 g/mol. The van der Waals surface area contributed by atoms with E-state index in [1.165, 1.54) is 4.57 Å². The van der Waals surface area contributed by atoms with Crippen LogP contribution >= 0.6 is 0 Å². The number of allylic oxidation sites excluding steroid dienone is 1. The summed E-state index contributed by atoms with van der Waals surface area (Å²) in [6.07, 6.45) is 5.60. The molecule has 92 valence electrons. The van der Waals surface area contributed by atoms with E-state index in [0.717, 1.165) is 0 Å². The summed E-state index contributed by atoms with van der Waals surface area (Å²) in [5.74, 6) is 0.184. The third kappa shape index (κ3) is 2.09. The Bertz CT molecular complexity index is 491. The van der Waals surface area contributed by atoms with Crippen LogP contribution in [0.5, 0.6) is 0 Å². The van der Waals surface area contributed by atoms with Gasteiger partial charge in [-0.25, -0.2) is 4.79 Å². The molecule has 4 N–H and O–H groups in total. The molecule has 0 unspecified atom stereocenters. The third-order valence-electron chi connectivity index (χ3n) is 3.13. The minimum absolute atomic E-state index is 0.145. The zero-order valence-electron chi connectivity index (χ0n) is 9.28. The fourth-order valence-corrected chi connectivity index (χ4v) is 2.02. The molecule has 0 bridgehead atoms. The highest BCUT2D eigenvalue weighted by Crippen LogP contribution is 2.36. The molecule has 17 heavy (non-hydrogen) atoms. The maximum Gasteiger partial charge on any atom is 0.350 e. The molecule has 0 fully saturated rings. The molecule has 0 amide bonds. The van der Waals surface area contributed by atoms with Crippen molar-refractivity contribution in [3.8, 4) is 0 Å². The molecule has 6 heteroatoms. The lowest BCUT2D eigenvalue weighted by atomic mass is 9.89. The molecule has 0 spiro atoms. The zero-order valence-corrected chi connectivity index (χ0v) is 9.28. The number of anilines is 1. The number of rotatable bonds is 3. The van der Waals surface area contributed by atoms with Gasteiger partial charge in [-0.2, -0.15) is 4.98 Å². The lowest BCUT2D eigenvalue weighted by Crippen LogP contribution is -2.30. The zero-order chi connectivity index (χ0) is 12.5. The van der Waals surface area contributed by atoms with E-state index in [0.29, 0.717) is 6.42 Å². The van der Waals surface area contributed by atoms with E-state index in [9.17, 15) is 15.0 Å². The summed E-state index contributed by atoms with van der Waals surface area (Å²) in [5, 5.41) is 18.5. The number of hydrogen-bond acceptors (Lipinski definition) is 5. The highest BCUT2D eigenvalue weighted by atomic mass is 16.3. The topological polar surface area (TPSA) is 101 Å². The quantitative estimate of drug-likeness (QED) is 0.603. The molecule has 0 aromatic carbocycles. The second kappa shape index (κ2) is 4.31. The van der Waals surface area contributed by atoms with Gasteiger partial charge >= 0.3 is 5.69 Å². The summed E-state index contributed by atoms with van der Waals surface area (Å²) in [7, 11) is 0. The van der Waals surface area contributed by atoms with Crippen molar-refractivity contribution in [2.75, 3.05) is 18.9 Å². The van der Waals surface area contributed by atoms with Crippen LogP contribution in [-0.4, -0.2) is 33.0 Å². The van der Waals surface area contributed by atoms with Crippen molar-refractivity contribution < 1.29 is 10.2 Å². The largest absolute Gasteiger partial charge is 0.395 e. The Morgan fingerprint density at radius 1 is 1.53 bits per heavy atom. The second-order valence-corrected chi connectivity index (χ2v) is 4.35. The van der Waals surface area contributed by atoms with Gasteiger partial charge in [0.2, 0.25) is 0 Å². The van der Waals surface area contributed by atoms with Gasteiger partial charge in [-0.1, -0.05) is 12.2 Å². The van der Waals surface area contributed by atoms with Gasteiger partial charge in [0.25, 0.3) is 0 Å². The van der Waals surface area contributed by atoms with E-state index in [2.05, 4.69) is 4.98 Å². The highest BCUT2D eigenvalue weighted by Gasteiger charge is 2.34. The fourth-order valence-electron chi connectivity index (χ4n) is 2.02. The maximum absolute atomic E-state index is 11.6. The lowest BCUT2D eigenvalue weighted by molar-refractivity contribution is 0.0865. The average Bonchev–Trinajstić information content (AvgIpc) is 2.74. The van der Waals surface area contributed by atoms with Crippen LogP contribution in [-0.2, 0) is 0 Å². The Kier molecular flexibility index (Phi) is 2.99. The summed E-state index contributed by atoms with van der Waals surface area (Å²) in [4.78, 5) is 15.3. The summed E-state index contributed by atoms with van der Waals surface area (Å²) < 4.78 is 1.44. The number of hydrogen-bond donors (Lipinski definition) is 3. The van der Waals surface area contributed by atoms with Crippen LogP contribution in [0.1, 0.15) is 12.5 Å². The Morgan fingerprint density at radius 3 is 2.76 bits per heavy atom. The molecule has 1 aromatic rings. The minimum atomic E-state index is -0.647. The first-order chi connectivity index (χ1) is 8.10. The SMILES string of the molecule is Nc1ccn([C@H]2C=CC(CO)(CO)C2)c(=O)n1. The molecular formula is C11H15N3O3. The van der Waals surface area contributed by atoms with Gasteiger partial charge in [0.1, 0.15) is 5.82 Å². The molecule has 6 nitrogen and oxygen atoms in total. The van der Waals surface area contributed by atoms with Gasteiger partial charge in [-0.3, -0.25) is 4.57 Å². The molecule has 0 saturated heterocycles. The summed E-state index contributed by atoms with van der Waals surface area (Å²) >= 11 is 0. The number of aromatic nitrogens is 2. The summed E-state index contributed by atoms with van der Waals surface area (Å²) in [6, 6.07) is 1.35. The Balaban J connectivity index is 2.27. The highest BCUT2D eigenvalue weighted by molar-refractivity contribution is 5.24. The first-order valence-corrected chi connectivity index (χ1v) is 5.36. The average molecular weight is 237 g/mol. The predicted molar refractivity (Wildman–Crippen MR) is 62.3 cm³/mol. The van der Waals surface area contributed by atoms with Gasteiger partial charge in [0.05, 0.1) is 19.3 Å². The normalized spacial score (nSPS) is 21.9. The molecule has 2 rings (SSSR count). The standard InChI is InChI=1S/C11H15N3O3/c12-9-2-4-14(10(17)13-9)8-1-3-11(5-8,6-15)7-16/h1-4,8,15-16H,5-7H2,(H2,12,13,17)/t8-/m0/s1. The van der Waals surface area contributed by atoms with Gasteiger partial charge in [0.15, 0.2) is 0 Å². The van der Waals surface area contributed by atoms with E-state index in [4.69, 9.17) is 5.73 Å². The van der Waals surface area contributed by atoms with E-state index < -0.39 is 11.1 Å². The fraction of sp³-hybridized carbons (Fsp3) is 0.455. The van der Waals surface area contributed by atoms with Crippen LogP contribution in [0.4, 0.5) is 5.82 Å². The van der Waals surface area contributed by atoms with Crippen LogP contribution < -0.4 is 11.4 Å². The van der Waals surface area contributed by atoms with Crippen LogP contribution in [0.3, 0.4) is 0 Å². The molecule has 1 heterocycles. The molecule has 0 saturated carbocycles. The summed E-state index contributed by atoms with van der Waals surface area (Å²) in [5.41, 5.74) is 4.34. The van der Waals surface area contributed by atoms with Crippen LogP contribution in [0.25, 0.3) is 0 Å². The minimum Gasteiger partial charge on any atom is -0.395 e. The maximum atomic E-state index is 11.6. The van der Waals surface area contributed by atoms with Crippen molar-refractivity contribution in [3.05, 3.63) is 34.9 Å². The molecule has 0 radical (unpaired) electrons. The van der Waals surface area contributed by atoms with Crippen molar-refractivity contribution in [2.45, 2.75) is 12.5 Å². The van der Waals surface area contributed by atoms with Gasteiger partial charge in [-0.05, 0) is 12.5 Å². The number of aliphatic hydroxyl groups excluding tert-OH is 2. The van der Waals surface area contributed by atoms with Crippen molar-refractivity contribution in [1.82, 2.24) is 9.55 Å². The van der Waals surface area contributed by atoms with Crippen molar-refractivity contribution >= 4 is 5.82 Å². The van der Waals surface area contributed by atoms with E-state index in [1.807, 2.05) is 0 Å². The lowest BCUT2D eigenvalue weighted by Gasteiger charge is -2.23. The van der Waals surface area contributed by atoms with Gasteiger partial charge in [0, 0.05) is 11.6 Å². The van der Waals surface area contributed by atoms with Gasteiger partial charge < -0.3 is 15.9 Å². The first kappa shape index (κ1) is 11.8. The number of nitrogens with zero attached hydrogens (tertiary/aromatic N) is 2. The summed E-state index contributed by atoms with van der Waals surface area (Å²) in [6.45, 7) is -0.290. The van der Waals surface area contributed by atoms with Crippen LogP contribution in [0.15, 0.2) is 29.2 Å². The monoisotopic (exact) mass is 237 g/mol. The smallest absolute Gasteiger partial charge is 0.350 e. The number of aliphatic hydroxyl groups is 2. The van der Waals surface area contributed by atoms with Crippen molar-refractivity contribution in [1.29, 1.82) is 0 Å². The van der Waals surface area contributed by atoms with Crippen molar-refractivity contribution in [2.24, 2.45) is 5.41 Å². The van der Waals surface area contributed by atoms with Crippen molar-refractivity contribution in [3.63, 3.8) is 0 Å². The Hall–Kier alpha value is -1.66. The molecule has 1 atom stereocenters. The first-order valence-electron chi connectivity index (χ1n) is 5.36. The van der Waals surface area contributed by atoms with Crippen LogP contribution in [0.2, 0.25) is 0 Å². The number of nitrogen functional groups attached to an aromatic ring is 1. The van der Waals surface area contributed by atoms with E-state index >= 15 is 0 Å². The molecule has 1 aliphatic rings. The molecule has 0 aliphatic heterocycles. The Labute approximate surface area is 98.0 Å². The molecule has 1 aromatic heterocycles. The van der Waals surface area contributed by atoms with Crippen LogP contribution in [0, 0.1) is 5.41 Å². The third-order valence-corrected chi connectivity index (χ3v) is 3.13. The number of nitrogens with two attached hydrogens (primary N) is 1. The Morgan fingerprint density at radius 2 is 2.24 bits per heavy atom. The van der Waals surface area contributed by atoms with E-state index in [-0.39, 0.29) is 25.1 Å². The molecule has 1 aliphatic carbocycles. The van der Waals surface area contributed by atoms with E-state index in [1.54, 1.807) is 24.4 Å². The second-order valence-electron chi connectivity index (χ2n) is 4.35. The van der Waals surface area contributed by atoms with Gasteiger partial charge in [-0.15, -0.1) is 0 Å². The predicted octanol–water partition coefficient (Wildman–Crippen LogP) is -0.703.